The highest BCUT2D eigenvalue weighted by molar-refractivity contribution is 4.77. The number of hydrogen-bond acceptors (Lipinski definition) is 3. The first-order valence-electron chi connectivity index (χ1n) is 3.78. The van der Waals surface area contributed by atoms with E-state index in [0.29, 0.717) is 0 Å². The molecule has 0 saturated heterocycles. The fraction of sp³-hybridized carbons (Fsp3) is 0.750. The maximum atomic E-state index is 5.12. The van der Waals surface area contributed by atoms with Gasteiger partial charge in [0.15, 0.2) is 6.79 Å². The van der Waals surface area contributed by atoms with Crippen molar-refractivity contribution < 1.29 is 9.57 Å². The third-order valence-electron chi connectivity index (χ3n) is 1.08. The lowest BCUT2D eigenvalue weighted by Crippen LogP contribution is -2.25. The van der Waals surface area contributed by atoms with E-state index in [1.165, 1.54) is 0 Å². The van der Waals surface area contributed by atoms with Gasteiger partial charge >= 0.3 is 0 Å². The molecule has 11 heavy (non-hydrogen) atoms. The van der Waals surface area contributed by atoms with Crippen LogP contribution < -0.4 is 5.48 Å². The van der Waals surface area contributed by atoms with Crippen LogP contribution in [0.15, 0.2) is 12.7 Å². The molecule has 3 nitrogen and oxygen atoms in total. The van der Waals surface area contributed by atoms with Gasteiger partial charge in [0, 0.05) is 6.04 Å². The smallest absolute Gasteiger partial charge is 0.167 e. The Kier molecular flexibility index (Phi) is 6.12. The fourth-order valence-electron chi connectivity index (χ4n) is 0.384. The predicted molar refractivity (Wildman–Crippen MR) is 45.0 cm³/mol. The zero-order valence-electron chi connectivity index (χ0n) is 7.46. The van der Waals surface area contributed by atoms with Gasteiger partial charge in [-0.05, 0) is 20.8 Å². The molecule has 0 aromatic carbocycles. The fourth-order valence-corrected chi connectivity index (χ4v) is 0.384. The average Bonchev–Trinajstić information content (AvgIpc) is 1.97. The quantitative estimate of drug-likeness (QED) is 0.275. The molecule has 0 aliphatic heterocycles. The lowest BCUT2D eigenvalue weighted by molar-refractivity contribution is -0.122. The highest BCUT2D eigenvalue weighted by Crippen LogP contribution is 1.87. The topological polar surface area (TPSA) is 30.5 Å². The summed E-state index contributed by atoms with van der Waals surface area (Å²) < 4.78 is 5.12. The number of nitrogens with one attached hydrogen (secondary N) is 1. The first-order chi connectivity index (χ1) is 5.16. The molecule has 0 aromatic heterocycles. The van der Waals surface area contributed by atoms with Crippen LogP contribution in [0.2, 0.25) is 0 Å². The SMILES string of the molecule is C=C[C@H](C)NOCOC(C)C. The highest BCUT2D eigenvalue weighted by Gasteiger charge is 1.95. The Morgan fingerprint density at radius 3 is 2.55 bits per heavy atom. The van der Waals surface area contributed by atoms with Crippen molar-refractivity contribution >= 4 is 0 Å². The molecular weight excluding hydrogens is 142 g/mol. The number of ether oxygens (including phenoxy) is 1. The summed E-state index contributed by atoms with van der Waals surface area (Å²) in [6.07, 6.45) is 1.96. The van der Waals surface area contributed by atoms with Crippen molar-refractivity contribution in [3.63, 3.8) is 0 Å². The maximum absolute atomic E-state index is 5.12. The summed E-state index contributed by atoms with van der Waals surface area (Å²) in [4.78, 5) is 4.95. The minimum atomic E-state index is 0.158. The van der Waals surface area contributed by atoms with Crippen molar-refractivity contribution in [3.05, 3.63) is 12.7 Å². The Balaban J connectivity index is 3.07. The molecule has 0 bridgehead atoms. The minimum Gasteiger partial charge on any atom is -0.351 e. The normalized spacial score (nSPS) is 13.5. The molecule has 0 spiro atoms. The van der Waals surface area contributed by atoms with E-state index >= 15 is 0 Å². The average molecular weight is 159 g/mol. The zero-order valence-corrected chi connectivity index (χ0v) is 7.46. The molecule has 0 radical (unpaired) electrons. The van der Waals surface area contributed by atoms with Gasteiger partial charge in [0.2, 0.25) is 0 Å². The van der Waals surface area contributed by atoms with E-state index in [1.807, 2.05) is 20.8 Å². The summed E-state index contributed by atoms with van der Waals surface area (Å²) in [6.45, 7) is 9.73. The summed E-state index contributed by atoms with van der Waals surface area (Å²) in [7, 11) is 0. The first kappa shape index (κ1) is 10.6. The Hall–Kier alpha value is -0.380. The molecule has 0 fully saturated rings. The van der Waals surface area contributed by atoms with Crippen molar-refractivity contribution in [2.24, 2.45) is 0 Å². The van der Waals surface area contributed by atoms with E-state index < -0.39 is 0 Å². The largest absolute Gasteiger partial charge is 0.351 e. The van der Waals surface area contributed by atoms with Gasteiger partial charge in [0.1, 0.15) is 0 Å². The van der Waals surface area contributed by atoms with Crippen LogP contribution in [0.3, 0.4) is 0 Å². The number of hydrogen-bond donors (Lipinski definition) is 1. The molecule has 0 saturated carbocycles. The zero-order chi connectivity index (χ0) is 8.69. The van der Waals surface area contributed by atoms with Gasteiger partial charge in [-0.25, -0.2) is 0 Å². The third-order valence-corrected chi connectivity index (χ3v) is 1.08. The molecule has 1 atom stereocenters. The Morgan fingerprint density at radius 1 is 1.45 bits per heavy atom. The van der Waals surface area contributed by atoms with Crippen LogP contribution in [0.5, 0.6) is 0 Å². The lowest BCUT2D eigenvalue weighted by atomic mass is 10.4. The minimum absolute atomic E-state index is 0.158. The van der Waals surface area contributed by atoms with Gasteiger partial charge in [-0.3, -0.25) is 4.84 Å². The van der Waals surface area contributed by atoms with Crippen LogP contribution in [0, 0.1) is 0 Å². The van der Waals surface area contributed by atoms with Crippen molar-refractivity contribution in [2.75, 3.05) is 6.79 Å². The Morgan fingerprint density at radius 2 is 2.09 bits per heavy atom. The van der Waals surface area contributed by atoms with Gasteiger partial charge in [0.25, 0.3) is 0 Å². The van der Waals surface area contributed by atoms with Crippen LogP contribution in [0.1, 0.15) is 20.8 Å². The molecule has 0 heterocycles. The first-order valence-corrected chi connectivity index (χ1v) is 3.78. The van der Waals surface area contributed by atoms with Gasteiger partial charge in [-0.1, -0.05) is 6.08 Å². The van der Waals surface area contributed by atoms with Gasteiger partial charge < -0.3 is 4.74 Å². The molecule has 0 amide bonds. The van der Waals surface area contributed by atoms with Gasteiger partial charge in [0.05, 0.1) is 6.10 Å². The van der Waals surface area contributed by atoms with Crippen molar-refractivity contribution in [1.82, 2.24) is 5.48 Å². The molecule has 3 heteroatoms. The molecule has 66 valence electrons. The molecule has 0 aromatic rings. The van der Waals surface area contributed by atoms with E-state index in [0.717, 1.165) is 0 Å². The van der Waals surface area contributed by atoms with Crippen molar-refractivity contribution in [1.29, 1.82) is 0 Å². The molecule has 0 rings (SSSR count). The van der Waals surface area contributed by atoms with Crippen molar-refractivity contribution in [2.45, 2.75) is 32.9 Å². The third kappa shape index (κ3) is 7.52. The summed E-state index contributed by atoms with van der Waals surface area (Å²) in [5.74, 6) is 0. The van der Waals surface area contributed by atoms with Crippen LogP contribution in [0.4, 0.5) is 0 Å². The van der Waals surface area contributed by atoms with E-state index in [4.69, 9.17) is 9.57 Å². The van der Waals surface area contributed by atoms with Crippen molar-refractivity contribution in [3.8, 4) is 0 Å². The molecule has 0 aliphatic carbocycles. The standard InChI is InChI=1S/C8H17NO2/c1-5-8(4)9-11-6-10-7(2)3/h5,7-9H,1,6H2,2-4H3/t8-/m0/s1. The van der Waals surface area contributed by atoms with Gasteiger partial charge in [-0.2, -0.15) is 5.48 Å². The molecular formula is C8H17NO2. The van der Waals surface area contributed by atoms with E-state index in [2.05, 4.69) is 12.1 Å². The molecule has 1 N–H and O–H groups in total. The Labute approximate surface area is 68.3 Å². The summed E-state index contributed by atoms with van der Waals surface area (Å²) >= 11 is 0. The second-order valence-electron chi connectivity index (χ2n) is 2.62. The predicted octanol–water partition coefficient (Wildman–Crippen LogP) is 1.46. The number of rotatable bonds is 6. The summed E-state index contributed by atoms with van der Waals surface area (Å²) in [6, 6.07) is 0.158. The van der Waals surface area contributed by atoms with Gasteiger partial charge in [-0.15, -0.1) is 6.58 Å². The number of hydroxylamine groups is 1. The second kappa shape index (κ2) is 6.34. The monoisotopic (exact) mass is 159 g/mol. The maximum Gasteiger partial charge on any atom is 0.167 e. The van der Waals surface area contributed by atoms with Crippen LogP contribution >= 0.6 is 0 Å². The summed E-state index contributed by atoms with van der Waals surface area (Å²) in [5.41, 5.74) is 2.74. The Bertz CT molecular complexity index is 104. The summed E-state index contributed by atoms with van der Waals surface area (Å²) in [5, 5.41) is 0. The van der Waals surface area contributed by atoms with E-state index in [-0.39, 0.29) is 18.9 Å². The lowest BCUT2D eigenvalue weighted by Gasteiger charge is -2.11. The molecule has 0 unspecified atom stereocenters. The molecule has 0 aliphatic rings. The van der Waals surface area contributed by atoms with Crippen LogP contribution in [-0.4, -0.2) is 18.9 Å². The highest BCUT2D eigenvalue weighted by atomic mass is 16.8. The van der Waals surface area contributed by atoms with Crippen LogP contribution in [-0.2, 0) is 9.57 Å². The van der Waals surface area contributed by atoms with Crippen LogP contribution in [0.25, 0.3) is 0 Å². The van der Waals surface area contributed by atoms with E-state index in [9.17, 15) is 0 Å². The van der Waals surface area contributed by atoms with E-state index in [1.54, 1.807) is 6.08 Å². The second-order valence-corrected chi connectivity index (χ2v) is 2.62.